The van der Waals surface area contributed by atoms with Gasteiger partial charge in [0.2, 0.25) is 0 Å². The first-order valence-corrected chi connectivity index (χ1v) is 5.00. The second kappa shape index (κ2) is 5.19. The van der Waals surface area contributed by atoms with Gasteiger partial charge in [0.1, 0.15) is 0 Å². The fourth-order valence-electron chi connectivity index (χ4n) is 1.42. The molecule has 0 unspecified atom stereocenters. The average Bonchev–Trinajstić information content (AvgIpc) is 2.61. The molecule has 100 valence electrons. The van der Waals surface area contributed by atoms with Crippen molar-refractivity contribution in [3.63, 3.8) is 0 Å². The van der Waals surface area contributed by atoms with Crippen LogP contribution in [0.4, 0.5) is 13.2 Å². The predicted octanol–water partition coefficient (Wildman–Crippen LogP) is 1.65. The number of carbonyl (C=O) groups excluding carboxylic acids is 1. The lowest BCUT2D eigenvalue weighted by Gasteiger charge is -2.17. The smallest absolute Gasteiger partial charge is 0.392 e. The molecule has 0 aliphatic rings. The highest BCUT2D eigenvalue weighted by Crippen LogP contribution is 2.32. The molecule has 0 bridgehead atoms. The van der Waals surface area contributed by atoms with Gasteiger partial charge in [0.05, 0.1) is 24.1 Å². The van der Waals surface area contributed by atoms with Crippen molar-refractivity contribution in [3.05, 3.63) is 18.0 Å². The van der Waals surface area contributed by atoms with Crippen LogP contribution < -0.4 is 0 Å². The van der Waals surface area contributed by atoms with Gasteiger partial charge in [-0.15, -0.1) is 0 Å². The molecule has 0 aliphatic carbocycles. The van der Waals surface area contributed by atoms with Gasteiger partial charge in [-0.1, -0.05) is 0 Å². The molecule has 0 aromatic carbocycles. The number of aryl methyl sites for hydroxylation is 1. The first-order valence-electron chi connectivity index (χ1n) is 5.00. The van der Waals surface area contributed by atoms with Crippen LogP contribution in [0.5, 0.6) is 0 Å². The molecule has 0 saturated carbocycles. The van der Waals surface area contributed by atoms with E-state index in [-0.39, 0.29) is 5.56 Å². The number of hydrogen-bond donors (Lipinski definition) is 1. The van der Waals surface area contributed by atoms with Gasteiger partial charge in [-0.2, -0.15) is 18.3 Å². The molecular weight excluding hydrogens is 253 g/mol. The first kappa shape index (κ1) is 14.2. The number of aliphatic carboxylic acids is 1. The van der Waals surface area contributed by atoms with Gasteiger partial charge in [-0.05, 0) is 0 Å². The standard InChI is InChI=1S/C10H11F3N2O3/c1-15-5-6(4-14-15)8(16)2-7(3-9(17)18)10(11,12)13/h4-5,7H,2-3H2,1H3,(H,17,18)/t7-/m0/s1. The average molecular weight is 264 g/mol. The lowest BCUT2D eigenvalue weighted by atomic mass is 9.96. The lowest BCUT2D eigenvalue weighted by Crippen LogP contribution is -2.28. The van der Waals surface area contributed by atoms with Crippen molar-refractivity contribution >= 4 is 11.8 Å². The van der Waals surface area contributed by atoms with Gasteiger partial charge in [0.25, 0.3) is 0 Å². The van der Waals surface area contributed by atoms with E-state index < -0.39 is 36.7 Å². The number of rotatable bonds is 5. The second-order valence-electron chi connectivity index (χ2n) is 3.87. The zero-order valence-electron chi connectivity index (χ0n) is 9.44. The van der Waals surface area contributed by atoms with Gasteiger partial charge < -0.3 is 5.11 Å². The summed E-state index contributed by atoms with van der Waals surface area (Å²) < 4.78 is 38.9. The number of nitrogens with zero attached hydrogens (tertiary/aromatic N) is 2. The molecule has 18 heavy (non-hydrogen) atoms. The topological polar surface area (TPSA) is 72.2 Å². The summed E-state index contributed by atoms with van der Waals surface area (Å²) in [7, 11) is 1.52. The third kappa shape index (κ3) is 3.86. The van der Waals surface area contributed by atoms with Crippen LogP contribution >= 0.6 is 0 Å². The number of carbonyl (C=O) groups is 2. The SMILES string of the molecule is Cn1cc(C(=O)C[C@@H](CC(=O)O)C(F)(F)F)cn1. The molecule has 0 fully saturated rings. The van der Waals surface area contributed by atoms with Crippen molar-refractivity contribution in [3.8, 4) is 0 Å². The van der Waals surface area contributed by atoms with E-state index in [1.165, 1.54) is 17.9 Å². The number of ketones is 1. The highest BCUT2D eigenvalue weighted by molar-refractivity contribution is 5.96. The van der Waals surface area contributed by atoms with E-state index in [4.69, 9.17) is 5.11 Å². The fourth-order valence-corrected chi connectivity index (χ4v) is 1.42. The van der Waals surface area contributed by atoms with Gasteiger partial charge in [-0.25, -0.2) is 0 Å². The molecule has 0 spiro atoms. The molecule has 5 nitrogen and oxygen atoms in total. The number of aromatic nitrogens is 2. The zero-order chi connectivity index (χ0) is 13.9. The number of Topliss-reactive ketones (excluding diaryl/α,β-unsaturated/α-hetero) is 1. The van der Waals surface area contributed by atoms with Gasteiger partial charge in [0.15, 0.2) is 5.78 Å². The molecule has 1 aromatic heterocycles. The Morgan fingerprint density at radius 1 is 1.44 bits per heavy atom. The van der Waals surface area contributed by atoms with Crippen molar-refractivity contribution in [1.82, 2.24) is 9.78 Å². The van der Waals surface area contributed by atoms with E-state index in [1.807, 2.05) is 0 Å². The third-order valence-corrected chi connectivity index (χ3v) is 2.34. The minimum atomic E-state index is -4.71. The molecule has 0 saturated heterocycles. The van der Waals surface area contributed by atoms with Gasteiger partial charge >= 0.3 is 12.1 Å². The second-order valence-corrected chi connectivity index (χ2v) is 3.87. The number of carboxylic acids is 1. The Hall–Kier alpha value is -1.86. The Morgan fingerprint density at radius 2 is 2.06 bits per heavy atom. The Kier molecular flexibility index (Phi) is 4.10. The van der Waals surface area contributed by atoms with E-state index in [2.05, 4.69) is 5.10 Å². The molecule has 1 rings (SSSR count). The van der Waals surface area contributed by atoms with Crippen LogP contribution in [-0.4, -0.2) is 32.8 Å². The maximum absolute atomic E-state index is 12.5. The van der Waals surface area contributed by atoms with Crippen LogP contribution in [0.15, 0.2) is 12.4 Å². The molecule has 1 atom stereocenters. The monoisotopic (exact) mass is 264 g/mol. The lowest BCUT2D eigenvalue weighted by molar-refractivity contribution is -0.182. The van der Waals surface area contributed by atoms with Crippen molar-refractivity contribution in [2.45, 2.75) is 19.0 Å². The van der Waals surface area contributed by atoms with Crippen LogP contribution in [0, 0.1) is 5.92 Å². The Morgan fingerprint density at radius 3 is 2.44 bits per heavy atom. The van der Waals surface area contributed by atoms with Crippen molar-refractivity contribution < 1.29 is 27.9 Å². The first-order chi connectivity index (χ1) is 8.20. The molecule has 8 heteroatoms. The molecule has 0 radical (unpaired) electrons. The molecule has 0 amide bonds. The largest absolute Gasteiger partial charge is 0.481 e. The molecule has 1 aromatic rings. The molecule has 0 aliphatic heterocycles. The Bertz CT molecular complexity index is 453. The number of alkyl halides is 3. The Labute approximate surface area is 100 Å². The molecule has 1 N–H and O–H groups in total. The summed E-state index contributed by atoms with van der Waals surface area (Å²) in [5, 5.41) is 12.1. The summed E-state index contributed by atoms with van der Waals surface area (Å²) in [5.74, 6) is -4.54. The summed E-state index contributed by atoms with van der Waals surface area (Å²) in [4.78, 5) is 21.9. The van der Waals surface area contributed by atoms with Crippen molar-refractivity contribution in [1.29, 1.82) is 0 Å². The van der Waals surface area contributed by atoms with Gasteiger partial charge in [-0.3, -0.25) is 14.3 Å². The number of carboxylic acid groups (broad SMARTS) is 1. The quantitative estimate of drug-likeness (QED) is 0.821. The van der Waals surface area contributed by atoms with E-state index in [1.54, 1.807) is 0 Å². The predicted molar refractivity (Wildman–Crippen MR) is 54.0 cm³/mol. The summed E-state index contributed by atoms with van der Waals surface area (Å²) in [6, 6.07) is 0. The van der Waals surface area contributed by atoms with E-state index >= 15 is 0 Å². The minimum absolute atomic E-state index is 0.0390. The van der Waals surface area contributed by atoms with Crippen LogP contribution in [-0.2, 0) is 11.8 Å². The van der Waals surface area contributed by atoms with E-state index in [9.17, 15) is 22.8 Å². The van der Waals surface area contributed by atoms with Crippen molar-refractivity contribution in [2.75, 3.05) is 0 Å². The highest BCUT2D eigenvalue weighted by atomic mass is 19.4. The molecular formula is C10H11F3N2O3. The number of halogens is 3. The maximum Gasteiger partial charge on any atom is 0.392 e. The van der Waals surface area contributed by atoms with Crippen molar-refractivity contribution in [2.24, 2.45) is 13.0 Å². The van der Waals surface area contributed by atoms with E-state index in [0.717, 1.165) is 6.20 Å². The fraction of sp³-hybridized carbons (Fsp3) is 0.500. The summed E-state index contributed by atoms with van der Waals surface area (Å²) in [6.45, 7) is 0. The van der Waals surface area contributed by atoms with Crippen LogP contribution in [0.2, 0.25) is 0 Å². The summed E-state index contributed by atoms with van der Waals surface area (Å²) in [5.41, 5.74) is 0.0390. The normalized spacial score (nSPS) is 13.3. The van der Waals surface area contributed by atoms with Gasteiger partial charge in [0, 0.05) is 19.7 Å². The number of hydrogen-bond acceptors (Lipinski definition) is 3. The summed E-state index contributed by atoms with van der Waals surface area (Å²) in [6.07, 6.45) is -4.28. The van der Waals surface area contributed by atoms with E-state index in [0.29, 0.717) is 0 Å². The highest BCUT2D eigenvalue weighted by Gasteiger charge is 2.42. The molecule has 1 heterocycles. The Balaban J connectivity index is 2.78. The summed E-state index contributed by atoms with van der Waals surface area (Å²) >= 11 is 0. The zero-order valence-corrected chi connectivity index (χ0v) is 9.44. The minimum Gasteiger partial charge on any atom is -0.481 e. The van der Waals surface area contributed by atoms with Crippen LogP contribution in [0.1, 0.15) is 23.2 Å². The maximum atomic E-state index is 12.5. The van der Waals surface area contributed by atoms with Crippen LogP contribution in [0.3, 0.4) is 0 Å². The third-order valence-electron chi connectivity index (χ3n) is 2.34. The van der Waals surface area contributed by atoms with Crippen LogP contribution in [0.25, 0.3) is 0 Å².